The molecule has 0 aromatic carbocycles. The predicted molar refractivity (Wildman–Crippen MR) is 87.9 cm³/mol. The summed E-state index contributed by atoms with van der Waals surface area (Å²) in [6, 6.07) is 0. The number of fused-ring (bicyclic) bond motifs is 5. The molecule has 0 amide bonds. The summed E-state index contributed by atoms with van der Waals surface area (Å²) in [7, 11) is 0. The minimum absolute atomic E-state index is 0.0308. The molecule has 7 atom stereocenters. The Labute approximate surface area is 146 Å². The van der Waals surface area contributed by atoms with Crippen LogP contribution in [0.4, 0.5) is 13.2 Å². The molecule has 0 unspecified atom stereocenters. The standard InChI is InChI=1S/C20H27F3O2/c1-18-10-16(25)20(23)14(13(18)5-6-15(18)17(21)22)4-3-11-9-12(24)7-8-19(11,20)2/h9,13-17,25H,3-8,10H2,1-2H3/t13-,14-,15+,16-,18-,19-,20-/m0/s1. The van der Waals surface area contributed by atoms with E-state index >= 15 is 4.39 Å². The largest absolute Gasteiger partial charge is 0.390 e. The highest BCUT2D eigenvalue weighted by Gasteiger charge is 2.71. The molecule has 0 aromatic rings. The lowest BCUT2D eigenvalue weighted by Gasteiger charge is -2.63. The lowest BCUT2D eigenvalue weighted by Crippen LogP contribution is -2.67. The summed E-state index contributed by atoms with van der Waals surface area (Å²) in [6.07, 6.45) is 0.912. The first-order chi connectivity index (χ1) is 11.6. The van der Waals surface area contributed by atoms with Crippen molar-refractivity contribution in [2.75, 3.05) is 0 Å². The number of carbonyl (C=O) groups excluding carboxylic acids is 1. The van der Waals surface area contributed by atoms with Crippen molar-refractivity contribution in [3.05, 3.63) is 11.6 Å². The molecule has 0 heterocycles. The number of hydrogen-bond acceptors (Lipinski definition) is 2. The van der Waals surface area contributed by atoms with E-state index in [4.69, 9.17) is 0 Å². The van der Waals surface area contributed by atoms with Gasteiger partial charge in [0.25, 0.3) is 0 Å². The van der Waals surface area contributed by atoms with Crippen molar-refractivity contribution in [3.63, 3.8) is 0 Å². The fourth-order valence-corrected chi connectivity index (χ4v) is 7.02. The molecule has 0 aliphatic heterocycles. The van der Waals surface area contributed by atoms with Gasteiger partial charge in [0.1, 0.15) is 5.67 Å². The molecule has 3 saturated carbocycles. The molecule has 4 rings (SSSR count). The van der Waals surface area contributed by atoms with Gasteiger partial charge in [-0.2, -0.15) is 0 Å². The van der Waals surface area contributed by atoms with Crippen LogP contribution in [0.25, 0.3) is 0 Å². The molecule has 3 fully saturated rings. The number of carbonyl (C=O) groups is 1. The molecule has 4 aliphatic carbocycles. The van der Waals surface area contributed by atoms with Gasteiger partial charge in [-0.25, -0.2) is 13.2 Å². The van der Waals surface area contributed by atoms with Crippen molar-refractivity contribution in [2.45, 2.75) is 77.0 Å². The van der Waals surface area contributed by atoms with Gasteiger partial charge in [-0.1, -0.05) is 19.4 Å². The third kappa shape index (κ3) is 2.05. The van der Waals surface area contributed by atoms with Gasteiger partial charge in [-0.05, 0) is 55.9 Å². The molecule has 0 bridgehead atoms. The third-order valence-electron chi connectivity index (χ3n) is 8.42. The van der Waals surface area contributed by atoms with Crippen LogP contribution in [0.3, 0.4) is 0 Å². The van der Waals surface area contributed by atoms with Crippen molar-refractivity contribution in [1.29, 1.82) is 0 Å². The number of allylic oxidation sites excluding steroid dienone is 1. The number of rotatable bonds is 1. The maximum absolute atomic E-state index is 16.6. The van der Waals surface area contributed by atoms with Gasteiger partial charge in [0.05, 0.1) is 6.10 Å². The highest BCUT2D eigenvalue weighted by molar-refractivity contribution is 5.91. The van der Waals surface area contributed by atoms with Gasteiger partial charge in [0, 0.05) is 23.7 Å². The third-order valence-corrected chi connectivity index (χ3v) is 8.42. The van der Waals surface area contributed by atoms with Gasteiger partial charge in [-0.3, -0.25) is 4.79 Å². The van der Waals surface area contributed by atoms with E-state index < -0.39 is 40.9 Å². The average Bonchev–Trinajstić information content (AvgIpc) is 2.87. The Balaban J connectivity index is 1.78. The monoisotopic (exact) mass is 356 g/mol. The van der Waals surface area contributed by atoms with Crippen LogP contribution in [0.5, 0.6) is 0 Å². The van der Waals surface area contributed by atoms with E-state index in [9.17, 15) is 18.7 Å². The van der Waals surface area contributed by atoms with Crippen LogP contribution >= 0.6 is 0 Å². The quantitative estimate of drug-likeness (QED) is 0.753. The van der Waals surface area contributed by atoms with Crippen LogP contribution in [0.1, 0.15) is 58.8 Å². The van der Waals surface area contributed by atoms with Gasteiger partial charge < -0.3 is 5.11 Å². The van der Waals surface area contributed by atoms with Crippen molar-refractivity contribution < 1.29 is 23.1 Å². The second-order valence-corrected chi connectivity index (χ2v) is 9.23. The van der Waals surface area contributed by atoms with E-state index in [0.717, 1.165) is 5.57 Å². The van der Waals surface area contributed by atoms with Crippen molar-refractivity contribution >= 4 is 5.78 Å². The zero-order valence-electron chi connectivity index (χ0n) is 14.9. The molecule has 1 N–H and O–H groups in total. The second-order valence-electron chi connectivity index (χ2n) is 9.23. The molecular formula is C20H27F3O2. The minimum Gasteiger partial charge on any atom is -0.390 e. The summed E-state index contributed by atoms with van der Waals surface area (Å²) in [6.45, 7) is 3.67. The summed E-state index contributed by atoms with van der Waals surface area (Å²) in [5.74, 6) is -1.24. The zero-order valence-corrected chi connectivity index (χ0v) is 14.9. The van der Waals surface area contributed by atoms with E-state index in [1.54, 1.807) is 6.08 Å². The van der Waals surface area contributed by atoms with Crippen LogP contribution in [-0.4, -0.2) is 29.1 Å². The lowest BCUT2D eigenvalue weighted by molar-refractivity contribution is -0.213. The lowest BCUT2D eigenvalue weighted by atomic mass is 9.44. The van der Waals surface area contributed by atoms with E-state index in [-0.39, 0.29) is 18.1 Å². The van der Waals surface area contributed by atoms with Gasteiger partial charge in [0.2, 0.25) is 6.43 Å². The molecule has 0 radical (unpaired) electrons. The maximum Gasteiger partial charge on any atom is 0.241 e. The number of alkyl halides is 3. The second kappa shape index (κ2) is 5.34. The smallest absolute Gasteiger partial charge is 0.241 e. The van der Waals surface area contributed by atoms with Crippen LogP contribution in [0, 0.1) is 28.6 Å². The van der Waals surface area contributed by atoms with E-state index in [1.165, 1.54) is 0 Å². The van der Waals surface area contributed by atoms with Crippen LogP contribution in [0.2, 0.25) is 0 Å². The van der Waals surface area contributed by atoms with Gasteiger partial charge in [-0.15, -0.1) is 0 Å². The first-order valence-corrected chi connectivity index (χ1v) is 9.53. The molecule has 5 heteroatoms. The molecule has 140 valence electrons. The summed E-state index contributed by atoms with van der Waals surface area (Å²) in [5, 5.41) is 10.9. The molecular weight excluding hydrogens is 329 g/mol. The molecule has 4 aliphatic rings. The van der Waals surface area contributed by atoms with E-state index in [0.29, 0.717) is 38.5 Å². The SMILES string of the molecule is C[C@]12C[C@H](O)[C@@]3(F)[C@@H](CCC4=CC(=O)CC[C@@]43C)[C@@H]1CC[C@@H]2C(F)F. The molecule has 0 aromatic heterocycles. The van der Waals surface area contributed by atoms with Crippen molar-refractivity contribution in [1.82, 2.24) is 0 Å². The Hall–Kier alpha value is -0.840. The number of halogens is 3. The molecule has 25 heavy (non-hydrogen) atoms. The molecule has 2 nitrogen and oxygen atoms in total. The zero-order chi connectivity index (χ0) is 18.2. The van der Waals surface area contributed by atoms with Crippen molar-refractivity contribution in [2.24, 2.45) is 28.6 Å². The minimum atomic E-state index is -2.42. The number of hydrogen-bond donors (Lipinski definition) is 1. The Kier molecular flexibility index (Phi) is 3.75. The van der Waals surface area contributed by atoms with Gasteiger partial charge in [0.15, 0.2) is 5.78 Å². The average molecular weight is 356 g/mol. The highest BCUT2D eigenvalue weighted by atomic mass is 19.3. The summed E-state index contributed by atoms with van der Waals surface area (Å²) >= 11 is 0. The normalized spacial score (nSPS) is 52.4. The first kappa shape index (κ1) is 17.6. The highest BCUT2D eigenvalue weighted by Crippen LogP contribution is 2.69. The number of aliphatic hydroxyl groups excluding tert-OH is 1. The van der Waals surface area contributed by atoms with Gasteiger partial charge >= 0.3 is 0 Å². The van der Waals surface area contributed by atoms with Crippen LogP contribution in [-0.2, 0) is 4.79 Å². The first-order valence-electron chi connectivity index (χ1n) is 9.53. The van der Waals surface area contributed by atoms with E-state index in [1.807, 2.05) is 13.8 Å². The summed E-state index contributed by atoms with van der Waals surface area (Å²) in [5.41, 5.74) is -2.56. The van der Waals surface area contributed by atoms with Crippen LogP contribution < -0.4 is 0 Å². The van der Waals surface area contributed by atoms with Crippen molar-refractivity contribution in [3.8, 4) is 0 Å². The molecule has 0 spiro atoms. The Bertz CT molecular complexity index is 632. The predicted octanol–water partition coefficient (Wildman–Crippen LogP) is 4.46. The number of ketones is 1. The van der Waals surface area contributed by atoms with E-state index in [2.05, 4.69) is 0 Å². The fourth-order valence-electron chi connectivity index (χ4n) is 7.02. The Morgan fingerprint density at radius 1 is 1.16 bits per heavy atom. The Morgan fingerprint density at radius 2 is 1.88 bits per heavy atom. The number of aliphatic hydroxyl groups is 1. The van der Waals surface area contributed by atoms with Crippen LogP contribution in [0.15, 0.2) is 11.6 Å². The molecule has 0 saturated heterocycles. The summed E-state index contributed by atoms with van der Waals surface area (Å²) in [4.78, 5) is 11.8. The maximum atomic E-state index is 16.6. The summed E-state index contributed by atoms with van der Waals surface area (Å²) < 4.78 is 43.7. The fraction of sp³-hybridized carbons (Fsp3) is 0.850. The Morgan fingerprint density at radius 3 is 2.56 bits per heavy atom. The topological polar surface area (TPSA) is 37.3 Å².